The summed E-state index contributed by atoms with van der Waals surface area (Å²) >= 11 is 0. The first-order valence-corrected chi connectivity index (χ1v) is 10.4. The monoisotopic (exact) mass is 439 g/mol. The van der Waals surface area contributed by atoms with Crippen molar-refractivity contribution in [3.8, 4) is 11.5 Å². The molecular formula is C24H21N7O2. The highest BCUT2D eigenvalue weighted by Gasteiger charge is 2.16. The van der Waals surface area contributed by atoms with Gasteiger partial charge in [-0.05, 0) is 48.4 Å². The van der Waals surface area contributed by atoms with Crippen molar-refractivity contribution >= 4 is 34.4 Å². The van der Waals surface area contributed by atoms with Crippen molar-refractivity contribution in [3.05, 3.63) is 84.4 Å². The van der Waals surface area contributed by atoms with E-state index in [2.05, 4.69) is 20.3 Å². The Hall–Kier alpha value is -4.66. The van der Waals surface area contributed by atoms with Gasteiger partial charge in [-0.1, -0.05) is 24.3 Å². The van der Waals surface area contributed by atoms with E-state index < -0.39 is 0 Å². The quantitative estimate of drug-likeness (QED) is 0.343. The summed E-state index contributed by atoms with van der Waals surface area (Å²) in [7, 11) is 0. The maximum atomic E-state index is 12.5. The lowest BCUT2D eigenvalue weighted by atomic mass is 10.1. The number of rotatable bonds is 6. The van der Waals surface area contributed by atoms with Crippen LogP contribution in [0.15, 0.2) is 77.7 Å². The van der Waals surface area contributed by atoms with Crippen LogP contribution in [0.1, 0.15) is 15.9 Å². The van der Waals surface area contributed by atoms with Crippen LogP contribution in [0.2, 0.25) is 0 Å². The third-order valence-corrected chi connectivity index (χ3v) is 5.30. The van der Waals surface area contributed by atoms with Crippen molar-refractivity contribution in [1.29, 1.82) is 0 Å². The smallest absolute Gasteiger partial charge is 0.255 e. The molecule has 0 saturated carbocycles. The molecule has 0 aliphatic heterocycles. The molecule has 0 aliphatic carbocycles. The molecule has 0 spiro atoms. The zero-order valence-corrected chi connectivity index (χ0v) is 17.6. The first-order valence-electron chi connectivity index (χ1n) is 10.4. The number of nitrogens with zero attached hydrogens (tertiary/aromatic N) is 4. The van der Waals surface area contributed by atoms with Crippen molar-refractivity contribution in [2.75, 3.05) is 16.8 Å². The summed E-state index contributed by atoms with van der Waals surface area (Å²) in [6.45, 7) is 0.636. The van der Waals surface area contributed by atoms with Crippen LogP contribution in [-0.2, 0) is 13.0 Å². The minimum Gasteiger partial charge on any atom is -0.463 e. The van der Waals surface area contributed by atoms with Crippen LogP contribution in [0.4, 0.5) is 17.3 Å². The first-order chi connectivity index (χ1) is 16.1. The molecule has 0 saturated heterocycles. The van der Waals surface area contributed by atoms with E-state index in [0.717, 1.165) is 12.0 Å². The standard InChI is InChI=1S/C24H21N7O2/c25-17-4-1-2-5-18(17)28-23(32)16-9-7-15(8-10-16)11-12-31-14-27-21-20(19-6-3-13-33-19)29-24(26)30-22(21)31/h1-10,13-14H,11-12,25H2,(H,28,32)(H2,26,29,30). The van der Waals surface area contributed by atoms with E-state index in [1.165, 1.54) is 0 Å². The second-order valence-corrected chi connectivity index (χ2v) is 7.51. The summed E-state index contributed by atoms with van der Waals surface area (Å²) in [5.74, 6) is 0.535. The lowest BCUT2D eigenvalue weighted by Crippen LogP contribution is -2.13. The summed E-state index contributed by atoms with van der Waals surface area (Å²) in [6.07, 6.45) is 4.02. The molecule has 0 unspecified atom stereocenters. The van der Waals surface area contributed by atoms with Gasteiger partial charge in [0.25, 0.3) is 5.91 Å². The fourth-order valence-corrected chi connectivity index (χ4v) is 3.59. The molecule has 0 aliphatic rings. The molecule has 0 atom stereocenters. The number of para-hydroxylation sites is 2. The van der Waals surface area contributed by atoms with Crippen LogP contribution in [0.5, 0.6) is 0 Å². The van der Waals surface area contributed by atoms with Gasteiger partial charge in [-0.2, -0.15) is 4.98 Å². The van der Waals surface area contributed by atoms with E-state index in [-0.39, 0.29) is 11.9 Å². The van der Waals surface area contributed by atoms with Gasteiger partial charge in [-0.15, -0.1) is 0 Å². The summed E-state index contributed by atoms with van der Waals surface area (Å²) in [4.78, 5) is 25.6. The zero-order valence-electron chi connectivity index (χ0n) is 17.6. The maximum Gasteiger partial charge on any atom is 0.255 e. The van der Waals surface area contributed by atoms with Gasteiger partial charge in [0, 0.05) is 12.1 Å². The lowest BCUT2D eigenvalue weighted by Gasteiger charge is -2.09. The Balaban J connectivity index is 1.30. The number of fused-ring (bicyclic) bond motifs is 1. The van der Waals surface area contributed by atoms with Gasteiger partial charge in [-0.25, -0.2) is 9.97 Å². The number of anilines is 3. The minimum atomic E-state index is -0.210. The van der Waals surface area contributed by atoms with Crippen LogP contribution in [0.3, 0.4) is 0 Å². The van der Waals surface area contributed by atoms with Crippen LogP contribution in [0, 0.1) is 0 Å². The van der Waals surface area contributed by atoms with Crippen LogP contribution < -0.4 is 16.8 Å². The predicted molar refractivity (Wildman–Crippen MR) is 126 cm³/mol. The highest BCUT2D eigenvalue weighted by atomic mass is 16.3. The Kier molecular flexibility index (Phi) is 5.19. The Labute approximate surface area is 189 Å². The van der Waals surface area contributed by atoms with Crippen LogP contribution in [0.25, 0.3) is 22.6 Å². The number of imidazole rings is 1. The van der Waals surface area contributed by atoms with Crippen molar-refractivity contribution < 1.29 is 9.21 Å². The Morgan fingerprint density at radius 1 is 1.00 bits per heavy atom. The number of amides is 1. The van der Waals surface area contributed by atoms with Crippen molar-refractivity contribution in [3.63, 3.8) is 0 Å². The van der Waals surface area contributed by atoms with Gasteiger partial charge in [0.05, 0.1) is 24.0 Å². The first kappa shape index (κ1) is 20.3. The van der Waals surface area contributed by atoms with E-state index in [4.69, 9.17) is 15.9 Å². The molecule has 5 rings (SSSR count). The molecule has 164 valence electrons. The van der Waals surface area contributed by atoms with E-state index in [0.29, 0.717) is 46.1 Å². The molecule has 2 aromatic carbocycles. The summed E-state index contributed by atoms with van der Waals surface area (Å²) in [5.41, 5.74) is 16.4. The average Bonchev–Trinajstić information content (AvgIpc) is 3.49. The number of carbonyl (C=O) groups is 1. The highest BCUT2D eigenvalue weighted by molar-refractivity contribution is 6.05. The number of nitrogens with two attached hydrogens (primary N) is 2. The molecule has 3 aromatic heterocycles. The van der Waals surface area contributed by atoms with Crippen LogP contribution in [-0.4, -0.2) is 25.4 Å². The molecule has 33 heavy (non-hydrogen) atoms. The molecule has 0 bridgehead atoms. The number of hydrogen-bond acceptors (Lipinski definition) is 7. The van der Waals surface area contributed by atoms with Gasteiger partial charge >= 0.3 is 0 Å². The molecule has 9 nitrogen and oxygen atoms in total. The summed E-state index contributed by atoms with van der Waals surface area (Å²) in [6, 6.07) is 18.2. The number of nitrogens with one attached hydrogen (secondary N) is 1. The number of aryl methyl sites for hydroxylation is 2. The normalized spacial score (nSPS) is 11.0. The topological polar surface area (TPSA) is 138 Å². The van der Waals surface area contributed by atoms with E-state index in [1.807, 2.05) is 34.9 Å². The van der Waals surface area contributed by atoms with E-state index in [1.54, 1.807) is 42.9 Å². The Morgan fingerprint density at radius 2 is 1.82 bits per heavy atom. The molecule has 0 fully saturated rings. The number of benzene rings is 2. The molecule has 9 heteroatoms. The highest BCUT2D eigenvalue weighted by Crippen LogP contribution is 2.26. The summed E-state index contributed by atoms with van der Waals surface area (Å²) < 4.78 is 7.39. The lowest BCUT2D eigenvalue weighted by molar-refractivity contribution is 0.102. The van der Waals surface area contributed by atoms with Gasteiger partial charge in [0.2, 0.25) is 5.95 Å². The Morgan fingerprint density at radius 3 is 2.58 bits per heavy atom. The van der Waals surface area contributed by atoms with Gasteiger partial charge in [0.1, 0.15) is 11.2 Å². The van der Waals surface area contributed by atoms with Gasteiger partial charge in [-0.3, -0.25) is 4.79 Å². The fraction of sp³-hybridized carbons (Fsp3) is 0.0833. The third-order valence-electron chi connectivity index (χ3n) is 5.30. The second kappa shape index (κ2) is 8.46. The van der Waals surface area contributed by atoms with Gasteiger partial charge in [0.15, 0.2) is 11.4 Å². The van der Waals surface area contributed by atoms with Crippen molar-refractivity contribution in [2.45, 2.75) is 13.0 Å². The average molecular weight is 439 g/mol. The molecule has 5 aromatic rings. The second-order valence-electron chi connectivity index (χ2n) is 7.51. The largest absolute Gasteiger partial charge is 0.463 e. The minimum absolute atomic E-state index is 0.157. The predicted octanol–water partition coefficient (Wildman–Crippen LogP) is 3.75. The van der Waals surface area contributed by atoms with E-state index >= 15 is 0 Å². The van der Waals surface area contributed by atoms with Crippen molar-refractivity contribution in [1.82, 2.24) is 19.5 Å². The van der Waals surface area contributed by atoms with Crippen molar-refractivity contribution in [2.24, 2.45) is 0 Å². The molecule has 1 amide bonds. The molecule has 3 heterocycles. The zero-order chi connectivity index (χ0) is 22.8. The fourth-order valence-electron chi connectivity index (χ4n) is 3.59. The number of furan rings is 1. The maximum absolute atomic E-state index is 12.5. The molecule has 0 radical (unpaired) electrons. The third kappa shape index (κ3) is 4.11. The van der Waals surface area contributed by atoms with Gasteiger partial charge < -0.3 is 25.8 Å². The van der Waals surface area contributed by atoms with E-state index in [9.17, 15) is 4.79 Å². The Bertz CT molecular complexity index is 1420. The number of aromatic nitrogens is 4. The number of hydrogen-bond donors (Lipinski definition) is 3. The molecular weight excluding hydrogens is 418 g/mol. The molecule has 5 N–H and O–H groups in total. The summed E-state index contributed by atoms with van der Waals surface area (Å²) in [5, 5.41) is 2.83. The van der Waals surface area contributed by atoms with Crippen LogP contribution >= 0.6 is 0 Å². The number of nitrogen functional groups attached to an aromatic ring is 2. The number of carbonyl (C=O) groups excluding carboxylic acids is 1. The SMILES string of the molecule is Nc1nc(-c2ccco2)c2ncn(CCc3ccc(C(=O)Nc4ccccc4N)cc3)c2n1.